The summed E-state index contributed by atoms with van der Waals surface area (Å²) in [6.07, 6.45) is 3.66. The van der Waals surface area contributed by atoms with Crippen molar-refractivity contribution < 1.29 is 9.53 Å². The molecule has 0 bridgehead atoms. The predicted octanol–water partition coefficient (Wildman–Crippen LogP) is 5.38. The molecular formula is C33H36N4O3S2. The Morgan fingerprint density at radius 2 is 1.74 bits per heavy atom. The van der Waals surface area contributed by atoms with E-state index in [0.29, 0.717) is 20.6 Å². The van der Waals surface area contributed by atoms with Crippen molar-refractivity contribution in [3.63, 3.8) is 0 Å². The van der Waals surface area contributed by atoms with E-state index in [1.807, 2.05) is 71.5 Å². The summed E-state index contributed by atoms with van der Waals surface area (Å²) >= 11 is 2.98. The van der Waals surface area contributed by atoms with E-state index in [0.717, 1.165) is 38.8 Å². The third kappa shape index (κ3) is 5.51. The highest BCUT2D eigenvalue weighted by molar-refractivity contribution is 7.98. The molecule has 0 radical (unpaired) electrons. The Labute approximate surface area is 254 Å². The van der Waals surface area contributed by atoms with Crippen molar-refractivity contribution in [1.82, 2.24) is 9.13 Å². The van der Waals surface area contributed by atoms with Gasteiger partial charge in [0.15, 0.2) is 4.80 Å². The van der Waals surface area contributed by atoms with Crippen LogP contribution in [0.5, 0.6) is 0 Å². The molecule has 7 nitrogen and oxygen atoms in total. The first-order valence-corrected chi connectivity index (χ1v) is 15.9. The van der Waals surface area contributed by atoms with Crippen molar-refractivity contribution in [3.05, 3.63) is 108 Å². The Kier molecular flexibility index (Phi) is 8.35. The Balaban J connectivity index is 1.65. The van der Waals surface area contributed by atoms with Crippen LogP contribution in [0.1, 0.15) is 49.3 Å². The molecule has 218 valence electrons. The van der Waals surface area contributed by atoms with Crippen LogP contribution in [0.15, 0.2) is 80.5 Å². The van der Waals surface area contributed by atoms with E-state index in [9.17, 15) is 9.59 Å². The molecule has 0 aliphatic carbocycles. The minimum Gasteiger partial charge on any atom is -0.459 e. The quantitative estimate of drug-likeness (QED) is 0.210. The van der Waals surface area contributed by atoms with Gasteiger partial charge in [-0.2, -0.15) is 0 Å². The fourth-order valence-electron chi connectivity index (χ4n) is 5.33. The minimum absolute atomic E-state index is 0.180. The summed E-state index contributed by atoms with van der Waals surface area (Å²) in [5.41, 5.74) is 6.88. The molecule has 0 spiro atoms. The van der Waals surface area contributed by atoms with E-state index in [1.165, 1.54) is 11.3 Å². The smallest absolute Gasteiger partial charge is 0.338 e. The van der Waals surface area contributed by atoms with Gasteiger partial charge in [-0.05, 0) is 101 Å². The molecule has 2 aromatic heterocycles. The molecule has 0 saturated heterocycles. The molecule has 0 saturated carbocycles. The highest BCUT2D eigenvalue weighted by Crippen LogP contribution is 2.32. The molecule has 0 amide bonds. The van der Waals surface area contributed by atoms with Gasteiger partial charge in [0.25, 0.3) is 5.56 Å². The molecule has 0 fully saturated rings. The number of rotatable bonds is 7. The molecule has 3 heterocycles. The second-order valence-corrected chi connectivity index (χ2v) is 12.8. The van der Waals surface area contributed by atoms with Gasteiger partial charge in [-0.25, -0.2) is 9.79 Å². The maximum absolute atomic E-state index is 14.1. The van der Waals surface area contributed by atoms with Gasteiger partial charge in [0.05, 0.1) is 27.9 Å². The number of esters is 1. The molecule has 5 rings (SSSR count). The Bertz CT molecular complexity index is 1860. The van der Waals surface area contributed by atoms with Gasteiger partial charge in [0.2, 0.25) is 0 Å². The number of hydrogen-bond donors (Lipinski definition) is 0. The van der Waals surface area contributed by atoms with E-state index in [-0.39, 0.29) is 11.7 Å². The number of aryl methyl sites for hydroxylation is 1. The van der Waals surface area contributed by atoms with Gasteiger partial charge >= 0.3 is 5.97 Å². The lowest BCUT2D eigenvalue weighted by Crippen LogP contribution is -2.40. The molecule has 0 N–H and O–H groups in total. The van der Waals surface area contributed by atoms with Crippen molar-refractivity contribution in [3.8, 4) is 5.69 Å². The van der Waals surface area contributed by atoms with Crippen LogP contribution >= 0.6 is 23.1 Å². The van der Waals surface area contributed by atoms with Crippen molar-refractivity contribution >= 4 is 40.8 Å². The first-order valence-electron chi connectivity index (χ1n) is 13.8. The lowest BCUT2D eigenvalue weighted by molar-refractivity contribution is -0.143. The Morgan fingerprint density at radius 1 is 1.07 bits per heavy atom. The Hall–Kier alpha value is -3.82. The molecule has 0 unspecified atom stereocenters. The number of nitrogens with zero attached hydrogens (tertiary/aromatic N) is 4. The summed E-state index contributed by atoms with van der Waals surface area (Å²) in [6.45, 7) is 9.58. The average Bonchev–Trinajstić information content (AvgIpc) is 3.41. The summed E-state index contributed by atoms with van der Waals surface area (Å²) in [4.78, 5) is 35.9. The predicted molar refractivity (Wildman–Crippen MR) is 173 cm³/mol. The van der Waals surface area contributed by atoms with Gasteiger partial charge in [-0.3, -0.25) is 9.36 Å². The fraction of sp³-hybridized carbons (Fsp3) is 0.303. The number of hydrogen-bond acceptors (Lipinski definition) is 7. The summed E-state index contributed by atoms with van der Waals surface area (Å²) in [6, 6.07) is 17.9. The zero-order valence-corrected chi connectivity index (χ0v) is 26.9. The van der Waals surface area contributed by atoms with Crippen molar-refractivity contribution in [2.45, 2.75) is 51.7 Å². The zero-order chi connectivity index (χ0) is 30.3. The van der Waals surface area contributed by atoms with Gasteiger partial charge in [-0.15, -0.1) is 11.8 Å². The molecule has 4 aromatic rings. The van der Waals surface area contributed by atoms with Crippen LogP contribution in [-0.2, 0) is 9.53 Å². The third-order valence-corrected chi connectivity index (χ3v) is 9.12. The minimum atomic E-state index is -0.631. The summed E-state index contributed by atoms with van der Waals surface area (Å²) < 4.78 is 10.0. The molecule has 2 aromatic carbocycles. The zero-order valence-electron chi connectivity index (χ0n) is 25.3. The third-order valence-electron chi connectivity index (χ3n) is 7.40. The topological polar surface area (TPSA) is 68.8 Å². The van der Waals surface area contributed by atoms with Gasteiger partial charge in [-0.1, -0.05) is 23.5 Å². The molecule has 1 aliphatic rings. The second kappa shape index (κ2) is 11.8. The van der Waals surface area contributed by atoms with Crippen LogP contribution in [0, 0.1) is 13.8 Å². The number of carbonyl (C=O) groups is 1. The summed E-state index contributed by atoms with van der Waals surface area (Å²) in [5, 5.41) is 0. The van der Waals surface area contributed by atoms with Crippen LogP contribution in [0.3, 0.4) is 0 Å². The number of aromatic nitrogens is 2. The maximum atomic E-state index is 14.1. The number of anilines is 1. The van der Waals surface area contributed by atoms with E-state index in [4.69, 9.17) is 9.73 Å². The number of thioether (sulfide) groups is 1. The molecule has 9 heteroatoms. The van der Waals surface area contributed by atoms with Crippen LogP contribution in [0.4, 0.5) is 5.69 Å². The van der Waals surface area contributed by atoms with Crippen LogP contribution in [0.25, 0.3) is 11.8 Å². The van der Waals surface area contributed by atoms with Crippen molar-refractivity contribution in [2.75, 3.05) is 25.3 Å². The number of carbonyl (C=O) groups excluding carboxylic acids is 1. The van der Waals surface area contributed by atoms with Gasteiger partial charge in [0.1, 0.15) is 0 Å². The number of benzene rings is 2. The van der Waals surface area contributed by atoms with E-state index < -0.39 is 12.0 Å². The fourth-order valence-corrected chi connectivity index (χ4v) is 6.78. The number of thiazole rings is 1. The van der Waals surface area contributed by atoms with Crippen molar-refractivity contribution in [2.24, 2.45) is 4.99 Å². The summed E-state index contributed by atoms with van der Waals surface area (Å²) in [7, 11) is 4.05. The molecule has 1 aliphatic heterocycles. The molecule has 42 heavy (non-hydrogen) atoms. The summed E-state index contributed by atoms with van der Waals surface area (Å²) in [5.74, 6) is -0.455. The standard InChI is InChI=1S/C33H36N4O3S2/c1-19(2)40-32(39)29-21(4)34-33-37(30(29)23-9-15-27(41-8)16-10-23)31(38)28(42-33)18-24-17-20(3)36(22(24)5)26-13-11-25(12-14-26)35(6)7/h9-19,30H,1-8H3/t30-/m0/s1. The van der Waals surface area contributed by atoms with E-state index >= 15 is 0 Å². The number of fused-ring (bicyclic) bond motifs is 1. The first-order chi connectivity index (χ1) is 20.0. The second-order valence-electron chi connectivity index (χ2n) is 10.9. The van der Waals surface area contributed by atoms with Crippen LogP contribution in [-0.4, -0.2) is 41.6 Å². The Morgan fingerprint density at radius 3 is 2.33 bits per heavy atom. The maximum Gasteiger partial charge on any atom is 0.338 e. The lowest BCUT2D eigenvalue weighted by Gasteiger charge is -2.25. The SMILES string of the molecule is CSc1ccc([C@H]2C(C(=O)OC(C)C)=C(C)N=c3sc(=Cc4cc(C)n(-c5ccc(N(C)C)cc5)c4C)c(=O)n32)cc1. The first kappa shape index (κ1) is 29.7. The van der Waals surface area contributed by atoms with Crippen LogP contribution in [0.2, 0.25) is 0 Å². The molecule has 1 atom stereocenters. The monoisotopic (exact) mass is 600 g/mol. The normalized spacial score (nSPS) is 15.2. The number of ether oxygens (including phenoxy) is 1. The highest BCUT2D eigenvalue weighted by Gasteiger charge is 2.33. The average molecular weight is 601 g/mol. The van der Waals surface area contributed by atoms with Crippen molar-refractivity contribution in [1.29, 1.82) is 0 Å². The largest absolute Gasteiger partial charge is 0.459 e. The lowest BCUT2D eigenvalue weighted by atomic mass is 9.96. The highest BCUT2D eigenvalue weighted by atomic mass is 32.2. The van der Waals surface area contributed by atoms with Crippen LogP contribution < -0.4 is 19.8 Å². The van der Waals surface area contributed by atoms with E-state index in [2.05, 4.69) is 53.6 Å². The van der Waals surface area contributed by atoms with Gasteiger partial charge < -0.3 is 14.2 Å². The molecular weight excluding hydrogens is 565 g/mol. The van der Waals surface area contributed by atoms with Gasteiger partial charge in [0, 0.05) is 41.8 Å². The van der Waals surface area contributed by atoms with E-state index in [1.54, 1.807) is 16.3 Å². The number of allylic oxidation sites excluding steroid dienone is 1.